The van der Waals surface area contributed by atoms with Crippen molar-refractivity contribution in [3.8, 4) is 11.5 Å². The number of hydrogen-bond acceptors (Lipinski definition) is 6. The Morgan fingerprint density at radius 2 is 1.77 bits per heavy atom. The number of ether oxygens (including phenoxy) is 2. The predicted octanol–water partition coefficient (Wildman–Crippen LogP) is 2.74. The van der Waals surface area contributed by atoms with E-state index in [0.29, 0.717) is 19.5 Å². The van der Waals surface area contributed by atoms with Crippen LogP contribution in [0.4, 0.5) is 0 Å². The second kappa shape index (κ2) is 9.81. The van der Waals surface area contributed by atoms with Gasteiger partial charge in [-0.15, -0.1) is 0 Å². The summed E-state index contributed by atoms with van der Waals surface area (Å²) in [5.41, 5.74) is 3.26. The first-order chi connectivity index (χ1) is 14.2. The van der Waals surface area contributed by atoms with Crippen LogP contribution < -0.4 is 9.47 Å². The third kappa shape index (κ3) is 6.45. The standard InChI is InChI=1S/C23H31NO5S/c1-17-10-18(2)12-23(11-17)29-15-21(25)14-24(20-8-9-30(26,27)16-20)13-19-4-6-22(28-3)7-5-19/h4-7,10-12,20-21,25H,8-9,13-16H2,1-3H3. The van der Waals surface area contributed by atoms with Crippen LogP contribution in [0.3, 0.4) is 0 Å². The number of nitrogens with zero attached hydrogens (tertiary/aromatic N) is 1. The van der Waals surface area contributed by atoms with Gasteiger partial charge in [-0.05, 0) is 61.2 Å². The van der Waals surface area contributed by atoms with Crippen LogP contribution in [0, 0.1) is 13.8 Å². The molecule has 0 amide bonds. The van der Waals surface area contributed by atoms with E-state index in [-0.39, 0.29) is 24.2 Å². The zero-order chi connectivity index (χ0) is 21.7. The molecular formula is C23H31NO5S. The quantitative estimate of drug-likeness (QED) is 0.655. The third-order valence-electron chi connectivity index (χ3n) is 5.35. The summed E-state index contributed by atoms with van der Waals surface area (Å²) in [6, 6.07) is 13.6. The second-order valence-electron chi connectivity index (χ2n) is 8.12. The van der Waals surface area contributed by atoms with Crippen molar-refractivity contribution in [1.82, 2.24) is 4.90 Å². The number of rotatable bonds is 9. The topological polar surface area (TPSA) is 76.1 Å². The van der Waals surface area contributed by atoms with Gasteiger partial charge in [-0.25, -0.2) is 8.42 Å². The molecule has 7 heteroatoms. The third-order valence-corrected chi connectivity index (χ3v) is 7.10. The molecule has 1 fully saturated rings. The maximum atomic E-state index is 12.0. The first-order valence-electron chi connectivity index (χ1n) is 10.2. The molecule has 1 aliphatic heterocycles. The Hall–Kier alpha value is -2.09. The van der Waals surface area contributed by atoms with Crippen molar-refractivity contribution >= 4 is 9.84 Å². The lowest BCUT2D eigenvalue weighted by Gasteiger charge is -2.30. The van der Waals surface area contributed by atoms with E-state index < -0.39 is 15.9 Å². The van der Waals surface area contributed by atoms with Crippen LogP contribution in [0.25, 0.3) is 0 Å². The molecule has 1 heterocycles. The van der Waals surface area contributed by atoms with Crippen molar-refractivity contribution in [2.45, 2.75) is 39.0 Å². The minimum Gasteiger partial charge on any atom is -0.497 e. The van der Waals surface area contributed by atoms with E-state index in [4.69, 9.17) is 9.47 Å². The van der Waals surface area contributed by atoms with Crippen molar-refractivity contribution in [2.75, 3.05) is 31.8 Å². The van der Waals surface area contributed by atoms with Crippen molar-refractivity contribution < 1.29 is 23.0 Å². The van der Waals surface area contributed by atoms with E-state index in [1.54, 1.807) is 7.11 Å². The summed E-state index contributed by atoms with van der Waals surface area (Å²) in [7, 11) is -1.40. The monoisotopic (exact) mass is 433 g/mol. The molecule has 2 aromatic rings. The van der Waals surface area contributed by atoms with E-state index >= 15 is 0 Å². The maximum absolute atomic E-state index is 12.0. The van der Waals surface area contributed by atoms with Gasteiger partial charge in [0.15, 0.2) is 9.84 Å². The van der Waals surface area contributed by atoms with Crippen LogP contribution in [0.15, 0.2) is 42.5 Å². The van der Waals surface area contributed by atoms with Crippen LogP contribution in [0.1, 0.15) is 23.1 Å². The number of sulfone groups is 1. The normalized spacial score (nSPS) is 19.0. The molecular weight excluding hydrogens is 402 g/mol. The second-order valence-corrected chi connectivity index (χ2v) is 10.4. The van der Waals surface area contributed by atoms with E-state index in [2.05, 4.69) is 11.0 Å². The minimum absolute atomic E-state index is 0.104. The highest BCUT2D eigenvalue weighted by atomic mass is 32.2. The predicted molar refractivity (Wildman–Crippen MR) is 118 cm³/mol. The summed E-state index contributed by atoms with van der Waals surface area (Å²) in [6.07, 6.45) is -0.143. The number of hydrogen-bond donors (Lipinski definition) is 1. The molecule has 2 atom stereocenters. The van der Waals surface area contributed by atoms with Gasteiger partial charge in [0.25, 0.3) is 0 Å². The maximum Gasteiger partial charge on any atom is 0.151 e. The van der Waals surface area contributed by atoms with Gasteiger partial charge in [-0.3, -0.25) is 4.90 Å². The summed E-state index contributed by atoms with van der Waals surface area (Å²) in [4.78, 5) is 2.06. The van der Waals surface area contributed by atoms with Crippen LogP contribution in [-0.2, 0) is 16.4 Å². The first-order valence-corrected chi connectivity index (χ1v) is 12.0. The van der Waals surface area contributed by atoms with Gasteiger partial charge in [0.05, 0.1) is 18.6 Å². The first kappa shape index (κ1) is 22.6. The van der Waals surface area contributed by atoms with Gasteiger partial charge in [0.1, 0.15) is 24.2 Å². The zero-order valence-corrected chi connectivity index (χ0v) is 18.7. The van der Waals surface area contributed by atoms with Gasteiger partial charge in [-0.1, -0.05) is 18.2 Å². The summed E-state index contributed by atoms with van der Waals surface area (Å²) in [6.45, 7) is 5.07. The molecule has 1 aliphatic rings. The van der Waals surface area contributed by atoms with Crippen LogP contribution in [0.5, 0.6) is 11.5 Å². The smallest absolute Gasteiger partial charge is 0.151 e. The molecule has 6 nitrogen and oxygen atoms in total. The molecule has 2 unspecified atom stereocenters. The van der Waals surface area contributed by atoms with E-state index in [1.807, 2.05) is 50.2 Å². The lowest BCUT2D eigenvalue weighted by Crippen LogP contribution is -2.42. The number of aliphatic hydroxyl groups excluding tert-OH is 1. The van der Waals surface area contributed by atoms with Crippen molar-refractivity contribution in [1.29, 1.82) is 0 Å². The summed E-state index contributed by atoms with van der Waals surface area (Å²) in [5, 5.41) is 10.6. The van der Waals surface area contributed by atoms with E-state index in [0.717, 1.165) is 28.2 Å². The lowest BCUT2D eigenvalue weighted by atomic mass is 10.1. The molecule has 0 bridgehead atoms. The SMILES string of the molecule is COc1ccc(CN(CC(O)COc2cc(C)cc(C)c2)C2CCS(=O)(=O)C2)cc1. The summed E-state index contributed by atoms with van der Waals surface area (Å²) >= 11 is 0. The molecule has 1 N–H and O–H groups in total. The molecule has 0 spiro atoms. The highest BCUT2D eigenvalue weighted by molar-refractivity contribution is 7.91. The zero-order valence-electron chi connectivity index (χ0n) is 17.9. The molecule has 3 rings (SSSR count). The molecule has 164 valence electrons. The molecule has 0 radical (unpaired) electrons. The highest BCUT2D eigenvalue weighted by Gasteiger charge is 2.33. The van der Waals surface area contributed by atoms with Gasteiger partial charge >= 0.3 is 0 Å². The van der Waals surface area contributed by atoms with E-state index in [1.165, 1.54) is 0 Å². The Kier molecular flexibility index (Phi) is 7.39. The molecule has 30 heavy (non-hydrogen) atoms. The Balaban J connectivity index is 1.66. The van der Waals surface area contributed by atoms with Crippen LogP contribution >= 0.6 is 0 Å². The lowest BCUT2D eigenvalue weighted by molar-refractivity contribution is 0.0524. The van der Waals surface area contributed by atoms with E-state index in [9.17, 15) is 13.5 Å². The van der Waals surface area contributed by atoms with Crippen LogP contribution in [0.2, 0.25) is 0 Å². The Bertz CT molecular complexity index is 922. The number of aryl methyl sites for hydroxylation is 2. The van der Waals surface area contributed by atoms with Crippen molar-refractivity contribution in [2.24, 2.45) is 0 Å². The van der Waals surface area contributed by atoms with Crippen molar-refractivity contribution in [3.05, 3.63) is 59.2 Å². The molecule has 0 saturated carbocycles. The molecule has 0 aromatic heterocycles. The summed E-state index contributed by atoms with van der Waals surface area (Å²) < 4.78 is 35.0. The number of benzene rings is 2. The minimum atomic E-state index is -3.02. The Morgan fingerprint density at radius 1 is 1.10 bits per heavy atom. The van der Waals surface area contributed by atoms with Gasteiger partial charge < -0.3 is 14.6 Å². The fourth-order valence-corrected chi connectivity index (χ4v) is 5.67. The molecule has 0 aliphatic carbocycles. The van der Waals surface area contributed by atoms with Gasteiger partial charge in [-0.2, -0.15) is 0 Å². The average Bonchev–Trinajstić information content (AvgIpc) is 3.05. The highest BCUT2D eigenvalue weighted by Crippen LogP contribution is 2.22. The van der Waals surface area contributed by atoms with Crippen molar-refractivity contribution in [3.63, 3.8) is 0 Å². The van der Waals surface area contributed by atoms with Crippen LogP contribution in [-0.4, -0.2) is 62.3 Å². The summed E-state index contributed by atoms with van der Waals surface area (Å²) in [5.74, 6) is 1.84. The Morgan fingerprint density at radius 3 is 2.33 bits per heavy atom. The fourth-order valence-electron chi connectivity index (χ4n) is 3.90. The van der Waals surface area contributed by atoms with Gasteiger partial charge in [0, 0.05) is 19.1 Å². The number of aliphatic hydroxyl groups is 1. The number of methoxy groups -OCH3 is 1. The Labute approximate surface area is 179 Å². The molecule has 1 saturated heterocycles. The molecule has 2 aromatic carbocycles. The average molecular weight is 434 g/mol. The van der Waals surface area contributed by atoms with Gasteiger partial charge in [0.2, 0.25) is 0 Å². The largest absolute Gasteiger partial charge is 0.497 e. The fraction of sp³-hybridized carbons (Fsp3) is 0.478.